The number of nitrogens with one attached hydrogen (secondary N) is 1. The van der Waals surface area contributed by atoms with E-state index in [1.165, 1.54) is 22.5 Å². The third-order valence-corrected chi connectivity index (χ3v) is 5.70. The molecule has 0 saturated carbocycles. The molecule has 1 aliphatic heterocycles. The molecule has 0 bridgehead atoms. The van der Waals surface area contributed by atoms with Crippen molar-refractivity contribution >= 4 is 44.0 Å². The van der Waals surface area contributed by atoms with Gasteiger partial charge in [0.1, 0.15) is 0 Å². The Morgan fingerprint density at radius 2 is 2.14 bits per heavy atom. The summed E-state index contributed by atoms with van der Waals surface area (Å²) < 4.78 is 27.0. The number of benzene rings is 1. The van der Waals surface area contributed by atoms with Crippen LogP contribution in [0.15, 0.2) is 27.6 Å². The van der Waals surface area contributed by atoms with Crippen LogP contribution in [-0.2, 0) is 10.0 Å². The minimum atomic E-state index is -3.87. The molecule has 1 saturated heterocycles. The van der Waals surface area contributed by atoms with Gasteiger partial charge in [0, 0.05) is 36.2 Å². The number of hydrogen-bond donors (Lipinski definition) is 1. The van der Waals surface area contributed by atoms with Crippen LogP contribution in [-0.4, -0.2) is 43.3 Å². The van der Waals surface area contributed by atoms with E-state index in [2.05, 4.69) is 21.2 Å². The first-order chi connectivity index (χ1) is 9.34. The molecule has 0 aliphatic carbocycles. The highest BCUT2D eigenvalue weighted by Crippen LogP contribution is 2.30. The molecule has 1 aromatic rings. The van der Waals surface area contributed by atoms with Crippen LogP contribution in [0.4, 0.5) is 5.69 Å². The van der Waals surface area contributed by atoms with Crippen molar-refractivity contribution in [2.45, 2.75) is 17.9 Å². The predicted octanol–water partition coefficient (Wildman–Crippen LogP) is 1.76. The molecule has 0 spiro atoms. The Morgan fingerprint density at radius 3 is 2.71 bits per heavy atom. The van der Waals surface area contributed by atoms with Gasteiger partial charge in [0.25, 0.3) is 5.69 Å². The molecule has 1 aliphatic rings. The second-order valence-electron chi connectivity index (χ2n) is 4.54. The monoisotopic (exact) mass is 399 g/mol. The van der Waals surface area contributed by atoms with Gasteiger partial charge in [-0.2, -0.15) is 4.31 Å². The van der Waals surface area contributed by atoms with Crippen LogP contribution in [0.25, 0.3) is 0 Å². The minimum Gasteiger partial charge on any atom is -0.314 e. The van der Waals surface area contributed by atoms with E-state index >= 15 is 0 Å². The topological polar surface area (TPSA) is 92.6 Å². The number of hydrogen-bond acceptors (Lipinski definition) is 5. The number of halogens is 2. The van der Waals surface area contributed by atoms with Crippen LogP contribution in [0.1, 0.15) is 6.92 Å². The average molecular weight is 401 g/mol. The Balaban J connectivity index is 0.00000220. The molecule has 118 valence electrons. The zero-order chi connectivity index (χ0) is 14.9. The molecule has 2 rings (SSSR count). The van der Waals surface area contributed by atoms with E-state index in [0.717, 1.165) is 0 Å². The highest BCUT2D eigenvalue weighted by atomic mass is 79.9. The molecule has 0 amide bonds. The zero-order valence-corrected chi connectivity index (χ0v) is 14.4. The average Bonchev–Trinajstić information content (AvgIpc) is 2.38. The largest absolute Gasteiger partial charge is 0.314 e. The van der Waals surface area contributed by atoms with Crippen LogP contribution in [0.2, 0.25) is 0 Å². The van der Waals surface area contributed by atoms with Gasteiger partial charge in [0.05, 0.1) is 4.92 Å². The van der Waals surface area contributed by atoms with Crippen molar-refractivity contribution in [3.8, 4) is 0 Å². The molecule has 1 unspecified atom stereocenters. The van der Waals surface area contributed by atoms with Gasteiger partial charge >= 0.3 is 0 Å². The molecule has 1 fully saturated rings. The Hall–Kier alpha value is -0.740. The Labute approximate surface area is 137 Å². The zero-order valence-electron chi connectivity index (χ0n) is 11.2. The molecule has 1 aromatic carbocycles. The van der Waals surface area contributed by atoms with Gasteiger partial charge in [-0.05, 0) is 19.1 Å². The summed E-state index contributed by atoms with van der Waals surface area (Å²) in [6.45, 7) is 3.14. The van der Waals surface area contributed by atoms with E-state index in [4.69, 9.17) is 0 Å². The molecule has 10 heteroatoms. The van der Waals surface area contributed by atoms with Crippen LogP contribution in [0, 0.1) is 10.1 Å². The van der Waals surface area contributed by atoms with Gasteiger partial charge in [-0.15, -0.1) is 12.4 Å². The Morgan fingerprint density at radius 1 is 1.48 bits per heavy atom. The highest BCUT2D eigenvalue weighted by Gasteiger charge is 2.35. The first kappa shape index (κ1) is 18.3. The lowest BCUT2D eigenvalue weighted by Gasteiger charge is -2.32. The summed E-state index contributed by atoms with van der Waals surface area (Å²) in [6.07, 6.45) is 0. The normalized spacial score (nSPS) is 19.8. The first-order valence-corrected chi connectivity index (χ1v) is 8.24. The fourth-order valence-corrected chi connectivity index (χ4v) is 4.28. The number of nitro groups is 1. The summed E-state index contributed by atoms with van der Waals surface area (Å²) in [4.78, 5) is 10.1. The van der Waals surface area contributed by atoms with Crippen molar-refractivity contribution in [3.05, 3.63) is 32.8 Å². The van der Waals surface area contributed by atoms with Crippen molar-refractivity contribution in [1.82, 2.24) is 9.62 Å². The van der Waals surface area contributed by atoms with Gasteiger partial charge in [0.15, 0.2) is 4.90 Å². The second-order valence-corrected chi connectivity index (χ2v) is 7.31. The third kappa shape index (κ3) is 3.72. The van der Waals surface area contributed by atoms with Crippen molar-refractivity contribution in [2.75, 3.05) is 19.6 Å². The van der Waals surface area contributed by atoms with Crippen LogP contribution in [0.5, 0.6) is 0 Å². The lowest BCUT2D eigenvalue weighted by Crippen LogP contribution is -2.52. The maximum absolute atomic E-state index is 12.6. The van der Waals surface area contributed by atoms with Crippen LogP contribution < -0.4 is 5.32 Å². The van der Waals surface area contributed by atoms with E-state index in [-0.39, 0.29) is 23.3 Å². The van der Waals surface area contributed by atoms with Crippen LogP contribution >= 0.6 is 28.3 Å². The standard InChI is InChI=1S/C11H14BrN3O4S.ClH/c1-8-7-13-4-5-14(8)20(18,19)11-3-2-9(12)6-10(11)15(16)17;/h2-3,6,8,13H,4-5,7H2,1H3;1H. The number of nitrogens with zero attached hydrogens (tertiary/aromatic N) is 2. The number of piperazine rings is 1. The molecular weight excluding hydrogens is 386 g/mol. The maximum Gasteiger partial charge on any atom is 0.290 e. The summed E-state index contributed by atoms with van der Waals surface area (Å²) >= 11 is 3.12. The SMILES string of the molecule is CC1CNCCN1S(=O)(=O)c1ccc(Br)cc1[N+](=O)[O-].Cl. The fourth-order valence-electron chi connectivity index (χ4n) is 2.16. The number of rotatable bonds is 3. The van der Waals surface area contributed by atoms with Gasteiger partial charge in [-0.25, -0.2) is 8.42 Å². The fraction of sp³-hybridized carbons (Fsp3) is 0.455. The van der Waals surface area contributed by atoms with Gasteiger partial charge in [-0.3, -0.25) is 10.1 Å². The molecule has 1 heterocycles. The molecule has 1 N–H and O–H groups in total. The van der Waals surface area contributed by atoms with Gasteiger partial charge < -0.3 is 5.32 Å². The van der Waals surface area contributed by atoms with E-state index in [1.54, 1.807) is 6.92 Å². The van der Waals surface area contributed by atoms with Crippen molar-refractivity contribution in [1.29, 1.82) is 0 Å². The van der Waals surface area contributed by atoms with E-state index in [9.17, 15) is 18.5 Å². The summed E-state index contributed by atoms with van der Waals surface area (Å²) in [5.74, 6) is 0. The Kier molecular flexibility index (Phi) is 6.11. The predicted molar refractivity (Wildman–Crippen MR) is 84.3 cm³/mol. The van der Waals surface area contributed by atoms with Crippen molar-refractivity contribution < 1.29 is 13.3 Å². The highest BCUT2D eigenvalue weighted by molar-refractivity contribution is 9.10. The molecule has 0 radical (unpaired) electrons. The molecule has 7 nitrogen and oxygen atoms in total. The molecular formula is C11H15BrClN3O4S. The number of nitro benzene ring substituents is 1. The maximum atomic E-state index is 12.6. The van der Waals surface area contributed by atoms with Crippen LogP contribution in [0.3, 0.4) is 0 Å². The van der Waals surface area contributed by atoms with Gasteiger partial charge in [0.2, 0.25) is 10.0 Å². The molecule has 0 aromatic heterocycles. The first-order valence-electron chi connectivity index (χ1n) is 6.00. The second kappa shape index (κ2) is 7.01. The van der Waals surface area contributed by atoms with Gasteiger partial charge in [-0.1, -0.05) is 15.9 Å². The summed E-state index contributed by atoms with van der Waals surface area (Å²) in [6, 6.07) is 3.73. The minimum absolute atomic E-state index is 0. The lowest BCUT2D eigenvalue weighted by molar-refractivity contribution is -0.387. The van der Waals surface area contributed by atoms with E-state index in [1.807, 2.05) is 0 Å². The summed E-state index contributed by atoms with van der Waals surface area (Å²) in [7, 11) is -3.87. The van der Waals surface area contributed by atoms with E-state index < -0.39 is 20.6 Å². The quantitative estimate of drug-likeness (QED) is 0.616. The van der Waals surface area contributed by atoms with Crippen molar-refractivity contribution in [2.24, 2.45) is 0 Å². The smallest absolute Gasteiger partial charge is 0.290 e. The lowest BCUT2D eigenvalue weighted by atomic mass is 10.3. The molecule has 1 atom stereocenters. The summed E-state index contributed by atoms with van der Waals surface area (Å²) in [5, 5.41) is 14.2. The third-order valence-electron chi connectivity index (χ3n) is 3.14. The summed E-state index contributed by atoms with van der Waals surface area (Å²) in [5.41, 5.74) is -0.412. The van der Waals surface area contributed by atoms with E-state index in [0.29, 0.717) is 24.1 Å². The molecule has 21 heavy (non-hydrogen) atoms. The Bertz CT molecular complexity index is 640. The number of sulfonamides is 1. The van der Waals surface area contributed by atoms with Crippen molar-refractivity contribution in [3.63, 3.8) is 0 Å².